The van der Waals surface area contributed by atoms with E-state index < -0.39 is 18.4 Å². The van der Waals surface area contributed by atoms with Gasteiger partial charge >= 0.3 is 5.97 Å². The molecule has 11 heteroatoms. The summed E-state index contributed by atoms with van der Waals surface area (Å²) >= 11 is 0. The normalized spacial score (nSPS) is 11.0. The molecule has 0 heterocycles. The smallest absolute Gasteiger partial charge is 0.322 e. The number of carboxylic acids is 1. The Morgan fingerprint density at radius 1 is 0.532 bits per heavy atom. The molecular formula is C51H47N5O6. The van der Waals surface area contributed by atoms with Crippen LogP contribution in [0.3, 0.4) is 0 Å². The highest BCUT2D eigenvalue weighted by Crippen LogP contribution is 2.28. The lowest BCUT2D eigenvalue weighted by Crippen LogP contribution is -2.35. The van der Waals surface area contributed by atoms with Crippen molar-refractivity contribution in [2.45, 2.75) is 26.9 Å². The van der Waals surface area contributed by atoms with E-state index in [9.17, 15) is 24.0 Å². The third-order valence-corrected chi connectivity index (χ3v) is 10.5. The molecule has 0 unspecified atom stereocenters. The van der Waals surface area contributed by atoms with Crippen LogP contribution in [0.1, 0.15) is 56.0 Å². The first-order chi connectivity index (χ1) is 30.0. The molecule has 0 bridgehead atoms. The van der Waals surface area contributed by atoms with Crippen LogP contribution in [0.25, 0.3) is 21.5 Å². The minimum atomic E-state index is -1.15. The second-order valence-corrected chi connectivity index (χ2v) is 15.5. The van der Waals surface area contributed by atoms with Gasteiger partial charge < -0.3 is 30.9 Å². The van der Waals surface area contributed by atoms with Gasteiger partial charge in [0.15, 0.2) is 0 Å². The van der Waals surface area contributed by atoms with E-state index in [1.54, 1.807) is 87.5 Å². The van der Waals surface area contributed by atoms with E-state index in [2.05, 4.69) is 17.4 Å². The van der Waals surface area contributed by atoms with E-state index in [4.69, 9.17) is 10.8 Å². The molecule has 4 N–H and O–H groups in total. The van der Waals surface area contributed by atoms with Gasteiger partial charge in [0.1, 0.15) is 6.54 Å². The molecule has 7 rings (SSSR count). The SMILES string of the molecule is CC(C)CN(C(=O)c1ccc(N(Cc2ccc3ccccc3c2)C(=O)c2ccc(N(Cc3ccc4ccccc4c3)C(=O)CN)cc2)cc1)c1ccc(C(=O)NCC(=O)O)cc1. The quantitative estimate of drug-likeness (QED) is 0.0938. The number of carbonyl (C=O) groups is 5. The van der Waals surface area contributed by atoms with Crippen LogP contribution in [0.2, 0.25) is 0 Å². The number of hydrogen-bond acceptors (Lipinski definition) is 6. The molecule has 4 amide bonds. The van der Waals surface area contributed by atoms with E-state index >= 15 is 0 Å². The summed E-state index contributed by atoms with van der Waals surface area (Å²) in [6, 6.07) is 48.5. The van der Waals surface area contributed by atoms with Crippen LogP contribution in [0.5, 0.6) is 0 Å². The molecule has 0 atom stereocenters. The Bertz CT molecular complexity index is 2750. The van der Waals surface area contributed by atoms with Gasteiger partial charge in [-0.1, -0.05) is 86.6 Å². The number of rotatable bonds is 15. The Kier molecular flexibility index (Phi) is 13.1. The maximum absolute atomic E-state index is 14.6. The number of aliphatic carboxylic acids is 1. The van der Waals surface area contributed by atoms with Gasteiger partial charge in [0.2, 0.25) is 5.91 Å². The molecule has 0 fully saturated rings. The van der Waals surface area contributed by atoms with Crippen molar-refractivity contribution >= 4 is 68.2 Å². The van der Waals surface area contributed by atoms with Crippen molar-refractivity contribution in [1.29, 1.82) is 0 Å². The van der Waals surface area contributed by atoms with Gasteiger partial charge in [0, 0.05) is 40.3 Å². The monoisotopic (exact) mass is 825 g/mol. The summed E-state index contributed by atoms with van der Waals surface area (Å²) in [5.41, 5.74) is 10.6. The molecule has 0 saturated heterocycles. The molecule has 7 aromatic carbocycles. The van der Waals surface area contributed by atoms with Gasteiger partial charge in [-0.2, -0.15) is 0 Å². The summed E-state index contributed by atoms with van der Waals surface area (Å²) < 4.78 is 0. The van der Waals surface area contributed by atoms with E-state index in [-0.39, 0.29) is 42.3 Å². The summed E-state index contributed by atoms with van der Waals surface area (Å²) in [5.74, 6) is -2.37. The Morgan fingerprint density at radius 2 is 0.952 bits per heavy atom. The fourth-order valence-electron chi connectivity index (χ4n) is 7.35. The maximum Gasteiger partial charge on any atom is 0.322 e. The fraction of sp³-hybridized carbons (Fsp3) is 0.157. The Hall–Kier alpha value is -7.63. The molecule has 11 nitrogen and oxygen atoms in total. The molecule has 0 radical (unpaired) electrons. The number of carboxylic acid groups (broad SMARTS) is 1. The average molecular weight is 826 g/mol. The van der Waals surface area contributed by atoms with Crippen LogP contribution in [0, 0.1) is 5.92 Å². The Morgan fingerprint density at radius 3 is 1.42 bits per heavy atom. The summed E-state index contributed by atoms with van der Waals surface area (Å²) in [5, 5.41) is 15.6. The highest BCUT2D eigenvalue weighted by molar-refractivity contribution is 6.09. The predicted molar refractivity (Wildman–Crippen MR) is 244 cm³/mol. The third kappa shape index (κ3) is 10.0. The molecule has 0 saturated carbocycles. The predicted octanol–water partition coefficient (Wildman–Crippen LogP) is 8.45. The van der Waals surface area contributed by atoms with Crippen LogP contribution in [0.4, 0.5) is 17.1 Å². The van der Waals surface area contributed by atoms with Crippen molar-refractivity contribution in [3.63, 3.8) is 0 Å². The third-order valence-electron chi connectivity index (χ3n) is 10.5. The van der Waals surface area contributed by atoms with Crippen LogP contribution >= 0.6 is 0 Å². The summed E-state index contributed by atoms with van der Waals surface area (Å²) in [4.78, 5) is 70.2. The Balaban J connectivity index is 1.16. The van der Waals surface area contributed by atoms with Crippen molar-refractivity contribution < 1.29 is 29.1 Å². The van der Waals surface area contributed by atoms with Gasteiger partial charge in [-0.15, -0.1) is 0 Å². The first-order valence-electron chi connectivity index (χ1n) is 20.4. The zero-order valence-corrected chi connectivity index (χ0v) is 34.5. The highest BCUT2D eigenvalue weighted by atomic mass is 16.4. The van der Waals surface area contributed by atoms with E-state index in [0.717, 1.165) is 32.7 Å². The van der Waals surface area contributed by atoms with E-state index in [0.29, 0.717) is 41.3 Å². The summed E-state index contributed by atoms with van der Waals surface area (Å²) in [6.45, 7) is 4.25. The number of amides is 4. The van der Waals surface area contributed by atoms with E-state index in [1.807, 2.05) is 86.6 Å². The zero-order chi connectivity index (χ0) is 43.8. The molecule has 0 spiro atoms. The van der Waals surface area contributed by atoms with Gasteiger partial charge in [-0.25, -0.2) is 0 Å². The zero-order valence-electron chi connectivity index (χ0n) is 34.5. The van der Waals surface area contributed by atoms with Crippen molar-refractivity contribution in [1.82, 2.24) is 5.32 Å². The first-order valence-corrected chi connectivity index (χ1v) is 20.4. The number of nitrogens with zero attached hydrogens (tertiary/aromatic N) is 3. The standard InChI is InChI=1S/C51H47N5O6/c1-34(2)31-55(45-21-15-39(16-22-45)49(60)53-30-48(58)59)50(61)40-19-25-46(26-20-40)56(33-36-12-14-38-8-4-6-10-43(38)28-36)51(62)41-17-23-44(24-18-41)54(47(57)29-52)32-35-11-13-37-7-3-5-9-42(37)27-35/h3-28,34H,29-33,52H2,1-2H3,(H,53,60)(H,58,59). The number of benzene rings is 7. The van der Waals surface area contributed by atoms with Crippen LogP contribution in [0.15, 0.2) is 158 Å². The Labute approximate surface area is 360 Å². The lowest BCUT2D eigenvalue weighted by Gasteiger charge is -2.26. The molecule has 0 aliphatic heterocycles. The van der Waals surface area contributed by atoms with Crippen molar-refractivity contribution in [2.24, 2.45) is 11.7 Å². The number of nitrogens with two attached hydrogens (primary N) is 1. The topological polar surface area (TPSA) is 153 Å². The number of fused-ring (bicyclic) bond motifs is 2. The lowest BCUT2D eigenvalue weighted by atomic mass is 10.0. The molecule has 7 aromatic rings. The largest absolute Gasteiger partial charge is 0.480 e. The molecular weight excluding hydrogens is 779 g/mol. The van der Waals surface area contributed by atoms with Gasteiger partial charge in [0.05, 0.1) is 19.6 Å². The van der Waals surface area contributed by atoms with Gasteiger partial charge in [-0.3, -0.25) is 24.0 Å². The lowest BCUT2D eigenvalue weighted by molar-refractivity contribution is -0.135. The minimum absolute atomic E-state index is 0.109. The van der Waals surface area contributed by atoms with Crippen LogP contribution in [-0.4, -0.2) is 54.3 Å². The van der Waals surface area contributed by atoms with Crippen LogP contribution < -0.4 is 25.8 Å². The molecule has 312 valence electrons. The first kappa shape index (κ1) is 42.5. The average Bonchev–Trinajstić information content (AvgIpc) is 3.30. The number of hydrogen-bond donors (Lipinski definition) is 3. The molecule has 0 aromatic heterocycles. The second kappa shape index (κ2) is 19.2. The number of carbonyl (C=O) groups excluding carboxylic acids is 4. The number of anilines is 3. The van der Waals surface area contributed by atoms with E-state index in [1.165, 1.54) is 0 Å². The number of nitrogens with one attached hydrogen (secondary N) is 1. The fourth-order valence-corrected chi connectivity index (χ4v) is 7.35. The minimum Gasteiger partial charge on any atom is -0.480 e. The maximum atomic E-state index is 14.6. The van der Waals surface area contributed by atoms with Crippen molar-refractivity contribution in [3.8, 4) is 0 Å². The molecule has 0 aliphatic carbocycles. The summed E-state index contributed by atoms with van der Waals surface area (Å²) in [7, 11) is 0. The second-order valence-electron chi connectivity index (χ2n) is 15.5. The van der Waals surface area contributed by atoms with Gasteiger partial charge in [-0.05, 0) is 124 Å². The van der Waals surface area contributed by atoms with Crippen molar-refractivity contribution in [2.75, 3.05) is 34.3 Å². The van der Waals surface area contributed by atoms with Gasteiger partial charge in [0.25, 0.3) is 17.7 Å². The van der Waals surface area contributed by atoms with Crippen molar-refractivity contribution in [3.05, 3.63) is 186 Å². The molecule has 62 heavy (non-hydrogen) atoms. The summed E-state index contributed by atoms with van der Waals surface area (Å²) in [6.07, 6.45) is 0. The van der Waals surface area contributed by atoms with Crippen LogP contribution in [-0.2, 0) is 22.7 Å². The molecule has 0 aliphatic rings. The highest BCUT2D eigenvalue weighted by Gasteiger charge is 2.24.